The van der Waals surface area contributed by atoms with Crippen LogP contribution in [0.2, 0.25) is 0 Å². The SMILES string of the molecule is CC1(C)c2ccccc2-c2ccc(-c3ccc(-c4cc(-c5ccccc5)nc(-c5ccccc5)n4)c4c3sc3ccccc34)cc21. The van der Waals surface area contributed by atoms with Crippen LogP contribution in [-0.4, -0.2) is 9.97 Å². The van der Waals surface area contributed by atoms with Gasteiger partial charge in [-0.25, -0.2) is 9.97 Å². The van der Waals surface area contributed by atoms with Crippen molar-refractivity contribution in [1.29, 1.82) is 0 Å². The van der Waals surface area contributed by atoms with Crippen molar-refractivity contribution in [2.45, 2.75) is 19.3 Å². The molecule has 3 heteroatoms. The van der Waals surface area contributed by atoms with E-state index < -0.39 is 0 Å². The van der Waals surface area contributed by atoms with Crippen molar-refractivity contribution < 1.29 is 0 Å². The molecule has 0 fully saturated rings. The van der Waals surface area contributed by atoms with E-state index in [1.807, 2.05) is 35.6 Å². The van der Waals surface area contributed by atoms with Crippen molar-refractivity contribution in [2.75, 3.05) is 0 Å². The lowest BCUT2D eigenvalue weighted by molar-refractivity contribution is 0.660. The molecule has 6 aromatic carbocycles. The Hall–Kier alpha value is -5.38. The third-order valence-electron chi connectivity index (χ3n) is 9.52. The van der Waals surface area contributed by atoms with Gasteiger partial charge in [-0.2, -0.15) is 0 Å². The monoisotopic (exact) mass is 606 g/mol. The van der Waals surface area contributed by atoms with Gasteiger partial charge < -0.3 is 0 Å². The second-order valence-corrected chi connectivity index (χ2v) is 13.6. The Balaban J connectivity index is 1.28. The molecule has 1 aliphatic rings. The summed E-state index contributed by atoms with van der Waals surface area (Å²) in [5.74, 6) is 0.731. The van der Waals surface area contributed by atoms with Crippen molar-refractivity contribution in [3.8, 4) is 56.2 Å². The first-order valence-corrected chi connectivity index (χ1v) is 16.6. The maximum absolute atomic E-state index is 5.22. The van der Waals surface area contributed by atoms with E-state index in [0.29, 0.717) is 0 Å². The van der Waals surface area contributed by atoms with E-state index in [0.717, 1.165) is 33.9 Å². The van der Waals surface area contributed by atoms with E-state index in [4.69, 9.17) is 9.97 Å². The fourth-order valence-corrected chi connectivity index (χ4v) is 8.46. The van der Waals surface area contributed by atoms with E-state index in [1.165, 1.54) is 53.6 Å². The highest BCUT2D eigenvalue weighted by Gasteiger charge is 2.35. The summed E-state index contributed by atoms with van der Waals surface area (Å²) < 4.78 is 2.56. The summed E-state index contributed by atoms with van der Waals surface area (Å²) in [6.45, 7) is 4.70. The molecule has 1 aliphatic carbocycles. The molecule has 0 spiro atoms. The van der Waals surface area contributed by atoms with E-state index in [9.17, 15) is 0 Å². The Labute approximate surface area is 272 Å². The number of hydrogen-bond acceptors (Lipinski definition) is 3. The largest absolute Gasteiger partial charge is 0.228 e. The molecule has 9 rings (SSSR count). The third-order valence-corrected chi connectivity index (χ3v) is 10.7. The molecular formula is C43H30N2S. The molecule has 2 heterocycles. The van der Waals surface area contributed by atoms with Gasteiger partial charge in [-0.05, 0) is 51.6 Å². The van der Waals surface area contributed by atoms with Crippen LogP contribution in [0.5, 0.6) is 0 Å². The molecule has 0 unspecified atom stereocenters. The number of rotatable bonds is 4. The zero-order valence-electron chi connectivity index (χ0n) is 25.7. The lowest BCUT2D eigenvalue weighted by atomic mass is 9.81. The van der Waals surface area contributed by atoms with E-state index in [2.05, 4.69) is 135 Å². The topological polar surface area (TPSA) is 25.8 Å². The lowest BCUT2D eigenvalue weighted by Gasteiger charge is -2.22. The zero-order chi connectivity index (χ0) is 30.8. The average molecular weight is 607 g/mol. The van der Waals surface area contributed by atoms with Gasteiger partial charge >= 0.3 is 0 Å². The molecule has 0 saturated carbocycles. The molecule has 0 aliphatic heterocycles. The Morgan fingerprint density at radius 1 is 0.478 bits per heavy atom. The highest BCUT2D eigenvalue weighted by atomic mass is 32.1. The van der Waals surface area contributed by atoms with Crippen molar-refractivity contribution >= 4 is 31.5 Å². The standard InChI is InChI=1S/C43H30N2S/c1-43(2)35-19-11-9-17-31(35)32-22-21-29(25-36(32)43)30-23-24-33(40-34-18-10-12-20-39(34)46-41(30)40)38-26-37(27-13-5-3-6-14-27)44-42(45-38)28-15-7-4-8-16-28/h3-26H,1-2H3. The summed E-state index contributed by atoms with van der Waals surface area (Å²) in [6.07, 6.45) is 0. The predicted molar refractivity (Wildman–Crippen MR) is 194 cm³/mol. The fourth-order valence-electron chi connectivity index (χ4n) is 7.20. The average Bonchev–Trinajstić information content (AvgIpc) is 3.61. The van der Waals surface area contributed by atoms with Gasteiger partial charge in [-0.15, -0.1) is 11.3 Å². The molecule has 8 aromatic rings. The van der Waals surface area contributed by atoms with E-state index in [-0.39, 0.29) is 5.41 Å². The highest BCUT2D eigenvalue weighted by Crippen LogP contribution is 2.51. The van der Waals surface area contributed by atoms with Crippen molar-refractivity contribution in [3.63, 3.8) is 0 Å². The summed E-state index contributed by atoms with van der Waals surface area (Å²) in [5.41, 5.74) is 13.0. The zero-order valence-corrected chi connectivity index (χ0v) is 26.5. The molecule has 0 bridgehead atoms. The minimum atomic E-state index is -0.0518. The molecule has 2 aromatic heterocycles. The van der Waals surface area contributed by atoms with Crippen molar-refractivity contribution in [2.24, 2.45) is 0 Å². The normalized spacial score (nSPS) is 13.2. The maximum atomic E-state index is 5.22. The van der Waals surface area contributed by atoms with Gasteiger partial charge in [-0.1, -0.05) is 141 Å². The molecule has 46 heavy (non-hydrogen) atoms. The fraction of sp³-hybridized carbons (Fsp3) is 0.0698. The van der Waals surface area contributed by atoms with Crippen molar-refractivity contribution in [1.82, 2.24) is 9.97 Å². The molecular weight excluding hydrogens is 577 g/mol. The molecule has 218 valence electrons. The molecule has 0 N–H and O–H groups in total. The summed E-state index contributed by atoms with van der Waals surface area (Å²) in [4.78, 5) is 10.3. The van der Waals surface area contributed by atoms with Crippen LogP contribution in [-0.2, 0) is 5.41 Å². The lowest BCUT2D eigenvalue weighted by Crippen LogP contribution is -2.14. The maximum Gasteiger partial charge on any atom is 0.160 e. The molecule has 0 radical (unpaired) electrons. The molecule has 0 amide bonds. The Kier molecular flexibility index (Phi) is 6.06. The van der Waals surface area contributed by atoms with Crippen LogP contribution >= 0.6 is 11.3 Å². The van der Waals surface area contributed by atoms with Gasteiger partial charge in [0.25, 0.3) is 0 Å². The van der Waals surface area contributed by atoms with Gasteiger partial charge in [-0.3, -0.25) is 0 Å². The number of thiophene rings is 1. The van der Waals surface area contributed by atoms with Crippen LogP contribution in [0.1, 0.15) is 25.0 Å². The second kappa shape index (κ2) is 10.3. The van der Waals surface area contributed by atoms with Crippen molar-refractivity contribution in [3.05, 3.63) is 157 Å². The Morgan fingerprint density at radius 3 is 1.93 bits per heavy atom. The van der Waals surface area contributed by atoms with Crippen LogP contribution in [0.25, 0.3) is 76.3 Å². The highest BCUT2D eigenvalue weighted by molar-refractivity contribution is 7.26. The van der Waals surface area contributed by atoms with E-state index >= 15 is 0 Å². The number of aromatic nitrogens is 2. The third kappa shape index (κ3) is 4.16. The van der Waals surface area contributed by atoms with Gasteiger partial charge in [0.2, 0.25) is 0 Å². The first-order chi connectivity index (χ1) is 22.6. The van der Waals surface area contributed by atoms with E-state index in [1.54, 1.807) is 0 Å². The minimum Gasteiger partial charge on any atom is -0.228 e. The Bertz CT molecular complexity index is 2380. The van der Waals surface area contributed by atoms with Gasteiger partial charge in [0.15, 0.2) is 5.82 Å². The molecule has 0 saturated heterocycles. The summed E-state index contributed by atoms with van der Waals surface area (Å²) >= 11 is 1.87. The second-order valence-electron chi connectivity index (χ2n) is 12.6. The van der Waals surface area contributed by atoms with Crippen LogP contribution in [0.3, 0.4) is 0 Å². The Morgan fingerprint density at radius 2 is 1.11 bits per heavy atom. The summed E-state index contributed by atoms with van der Waals surface area (Å²) in [5, 5.41) is 2.51. The van der Waals surface area contributed by atoms with Gasteiger partial charge in [0, 0.05) is 42.3 Å². The van der Waals surface area contributed by atoms with Crippen LogP contribution in [0.4, 0.5) is 0 Å². The van der Waals surface area contributed by atoms with Crippen LogP contribution in [0.15, 0.2) is 146 Å². The number of nitrogens with zero attached hydrogens (tertiary/aromatic N) is 2. The quantitative estimate of drug-likeness (QED) is 0.199. The number of hydrogen-bond donors (Lipinski definition) is 0. The number of benzene rings is 6. The first-order valence-electron chi connectivity index (χ1n) is 15.8. The minimum absolute atomic E-state index is 0.0518. The predicted octanol–water partition coefficient (Wildman–Crippen LogP) is 11.8. The van der Waals surface area contributed by atoms with Crippen LogP contribution < -0.4 is 0 Å². The van der Waals surface area contributed by atoms with Gasteiger partial charge in [0.05, 0.1) is 11.4 Å². The molecule has 0 atom stereocenters. The summed E-state index contributed by atoms with van der Waals surface area (Å²) in [7, 11) is 0. The summed E-state index contributed by atoms with van der Waals surface area (Å²) in [6, 6.07) is 52.1. The van der Waals surface area contributed by atoms with Crippen LogP contribution in [0, 0.1) is 0 Å². The van der Waals surface area contributed by atoms with Gasteiger partial charge in [0.1, 0.15) is 0 Å². The first kappa shape index (κ1) is 27.0. The smallest absolute Gasteiger partial charge is 0.160 e. The molecule has 2 nitrogen and oxygen atoms in total. The number of fused-ring (bicyclic) bond motifs is 6.